The fourth-order valence-corrected chi connectivity index (χ4v) is 3.38. The van der Waals surface area contributed by atoms with E-state index in [1.54, 1.807) is 6.07 Å². The number of benzene rings is 2. The highest BCUT2D eigenvalue weighted by Crippen LogP contribution is 2.25. The van der Waals surface area contributed by atoms with Gasteiger partial charge in [-0.25, -0.2) is 18.1 Å². The summed E-state index contributed by atoms with van der Waals surface area (Å²) in [4.78, 5) is 16.8. The lowest BCUT2D eigenvalue weighted by Gasteiger charge is -2.11. The van der Waals surface area contributed by atoms with Crippen LogP contribution in [0, 0.1) is 0 Å². The first-order chi connectivity index (χ1) is 12.4. The van der Waals surface area contributed by atoms with Crippen LogP contribution in [0.4, 0.5) is 5.82 Å². The van der Waals surface area contributed by atoms with E-state index in [4.69, 9.17) is 4.74 Å². The van der Waals surface area contributed by atoms with Gasteiger partial charge in [0.05, 0.1) is 12.6 Å². The molecule has 1 heterocycles. The van der Waals surface area contributed by atoms with Crippen LogP contribution in [0.15, 0.2) is 59.5 Å². The molecule has 0 unspecified atom stereocenters. The molecule has 0 fully saturated rings. The largest absolute Gasteiger partial charge is 0.495 e. The van der Waals surface area contributed by atoms with Crippen LogP contribution in [-0.2, 0) is 10.0 Å². The number of nitrogens with zero attached hydrogens (tertiary/aromatic N) is 1. The number of rotatable bonds is 5. The molecule has 0 bridgehead atoms. The number of para-hydroxylation sites is 1. The zero-order valence-corrected chi connectivity index (χ0v) is 15.0. The van der Waals surface area contributed by atoms with E-state index in [0.717, 1.165) is 10.9 Å². The molecule has 8 heteroatoms. The smallest absolute Gasteiger partial charge is 0.256 e. The van der Waals surface area contributed by atoms with Crippen LogP contribution in [-0.4, -0.2) is 33.5 Å². The van der Waals surface area contributed by atoms with Crippen molar-refractivity contribution in [2.45, 2.75) is 4.90 Å². The van der Waals surface area contributed by atoms with Crippen LogP contribution in [0.3, 0.4) is 0 Å². The van der Waals surface area contributed by atoms with Crippen molar-refractivity contribution >= 4 is 32.7 Å². The van der Waals surface area contributed by atoms with Crippen molar-refractivity contribution in [3.8, 4) is 5.75 Å². The lowest BCUT2D eigenvalue weighted by molar-refractivity contribution is 0.102. The molecule has 0 aliphatic heterocycles. The highest BCUT2D eigenvalue weighted by Gasteiger charge is 2.20. The van der Waals surface area contributed by atoms with Gasteiger partial charge in [0.15, 0.2) is 0 Å². The third-order valence-electron chi connectivity index (χ3n) is 3.82. The molecule has 26 heavy (non-hydrogen) atoms. The Bertz CT molecular complexity index is 1080. The van der Waals surface area contributed by atoms with Gasteiger partial charge in [-0.05, 0) is 43.4 Å². The summed E-state index contributed by atoms with van der Waals surface area (Å²) in [7, 11) is -1.11. The molecule has 2 N–H and O–H groups in total. The maximum atomic E-state index is 12.5. The summed E-state index contributed by atoms with van der Waals surface area (Å²) in [6.45, 7) is 0. The van der Waals surface area contributed by atoms with Crippen molar-refractivity contribution in [3.63, 3.8) is 0 Å². The minimum absolute atomic E-state index is 0.110. The Morgan fingerprint density at radius 1 is 1.08 bits per heavy atom. The van der Waals surface area contributed by atoms with Crippen molar-refractivity contribution in [2.24, 2.45) is 0 Å². The molecule has 0 aliphatic carbocycles. The number of methoxy groups -OCH3 is 1. The fraction of sp³-hybridized carbons (Fsp3) is 0.111. The Kier molecular flexibility index (Phi) is 4.88. The molecule has 0 atom stereocenters. The number of nitrogens with one attached hydrogen (secondary N) is 2. The number of aromatic nitrogens is 1. The summed E-state index contributed by atoms with van der Waals surface area (Å²) in [5, 5.41) is 3.63. The number of anilines is 1. The maximum Gasteiger partial charge on any atom is 0.256 e. The van der Waals surface area contributed by atoms with Crippen LogP contribution >= 0.6 is 0 Å². The molecule has 3 rings (SSSR count). The van der Waals surface area contributed by atoms with E-state index < -0.39 is 15.9 Å². The molecule has 3 aromatic rings. The summed E-state index contributed by atoms with van der Waals surface area (Å²) in [5.74, 6) is 0.0604. The van der Waals surface area contributed by atoms with Crippen LogP contribution < -0.4 is 14.8 Å². The average Bonchev–Trinajstić information content (AvgIpc) is 2.67. The summed E-state index contributed by atoms with van der Waals surface area (Å²) in [6.07, 6.45) is 0. The molecule has 0 spiro atoms. The van der Waals surface area contributed by atoms with Crippen molar-refractivity contribution in [1.82, 2.24) is 9.71 Å². The van der Waals surface area contributed by atoms with Crippen molar-refractivity contribution in [2.75, 3.05) is 19.5 Å². The van der Waals surface area contributed by atoms with E-state index in [-0.39, 0.29) is 16.2 Å². The lowest BCUT2D eigenvalue weighted by Crippen LogP contribution is -2.20. The van der Waals surface area contributed by atoms with E-state index >= 15 is 0 Å². The van der Waals surface area contributed by atoms with Crippen LogP contribution in [0.2, 0.25) is 0 Å². The summed E-state index contributed by atoms with van der Waals surface area (Å²) < 4.78 is 31.5. The van der Waals surface area contributed by atoms with Gasteiger partial charge in [0.2, 0.25) is 10.0 Å². The third-order valence-corrected chi connectivity index (χ3v) is 5.26. The monoisotopic (exact) mass is 371 g/mol. The average molecular weight is 371 g/mol. The van der Waals surface area contributed by atoms with Gasteiger partial charge in [-0.3, -0.25) is 4.79 Å². The number of hydrogen-bond donors (Lipinski definition) is 2. The van der Waals surface area contributed by atoms with Crippen LogP contribution in [0.1, 0.15) is 10.4 Å². The fourth-order valence-electron chi connectivity index (χ4n) is 2.46. The van der Waals surface area contributed by atoms with Crippen LogP contribution in [0.25, 0.3) is 10.9 Å². The Labute approximate surface area is 151 Å². The van der Waals surface area contributed by atoms with Gasteiger partial charge in [-0.2, -0.15) is 0 Å². The van der Waals surface area contributed by atoms with Crippen molar-refractivity contribution < 1.29 is 17.9 Å². The Morgan fingerprint density at radius 2 is 1.85 bits per heavy atom. The third kappa shape index (κ3) is 3.51. The minimum Gasteiger partial charge on any atom is -0.495 e. The molecular formula is C18H17N3O4S. The summed E-state index contributed by atoms with van der Waals surface area (Å²) >= 11 is 0. The second-order valence-electron chi connectivity index (χ2n) is 5.42. The lowest BCUT2D eigenvalue weighted by atomic mass is 10.2. The number of sulfonamides is 1. The normalized spacial score (nSPS) is 11.3. The van der Waals surface area contributed by atoms with E-state index in [1.165, 1.54) is 32.4 Å². The van der Waals surface area contributed by atoms with Gasteiger partial charge >= 0.3 is 0 Å². The number of fused-ring (bicyclic) bond motifs is 1. The number of carbonyl (C=O) groups excluding carboxylic acids is 1. The second-order valence-corrected chi connectivity index (χ2v) is 7.27. The maximum absolute atomic E-state index is 12.5. The molecule has 1 aromatic heterocycles. The second kappa shape index (κ2) is 7.11. The van der Waals surface area contributed by atoms with Crippen molar-refractivity contribution in [1.29, 1.82) is 0 Å². The molecule has 0 radical (unpaired) electrons. The van der Waals surface area contributed by atoms with Gasteiger partial charge in [-0.15, -0.1) is 0 Å². The van der Waals surface area contributed by atoms with Gasteiger partial charge in [0.25, 0.3) is 5.91 Å². The standard InChI is InChI=1S/C18H17N3O4S/c1-19-26(23,24)16-11-13(7-9-15(16)25-2)18(22)21-17-10-8-12-5-3-4-6-14(12)20-17/h3-11,19H,1-2H3,(H,20,21,22). The van der Waals surface area contributed by atoms with E-state index in [0.29, 0.717) is 5.82 Å². The van der Waals surface area contributed by atoms with Gasteiger partial charge in [-0.1, -0.05) is 18.2 Å². The number of pyridine rings is 1. The highest BCUT2D eigenvalue weighted by atomic mass is 32.2. The number of amides is 1. The summed E-state index contributed by atoms with van der Waals surface area (Å²) in [5.41, 5.74) is 0.924. The zero-order valence-electron chi connectivity index (χ0n) is 14.2. The Balaban J connectivity index is 1.93. The van der Waals surface area contributed by atoms with Crippen LogP contribution in [0.5, 0.6) is 5.75 Å². The first-order valence-corrected chi connectivity index (χ1v) is 9.21. The number of hydrogen-bond acceptors (Lipinski definition) is 5. The number of carbonyl (C=O) groups is 1. The molecule has 134 valence electrons. The quantitative estimate of drug-likeness (QED) is 0.718. The molecule has 0 saturated heterocycles. The zero-order chi connectivity index (χ0) is 18.7. The summed E-state index contributed by atoms with van der Waals surface area (Å²) in [6, 6.07) is 15.3. The molecule has 0 aliphatic rings. The SMILES string of the molecule is CNS(=O)(=O)c1cc(C(=O)Nc2ccc3ccccc3n2)ccc1OC. The minimum atomic E-state index is -3.77. The predicted molar refractivity (Wildman–Crippen MR) is 98.9 cm³/mol. The van der Waals surface area contributed by atoms with Crippen molar-refractivity contribution in [3.05, 3.63) is 60.2 Å². The molecule has 0 saturated carbocycles. The van der Waals surface area contributed by atoms with E-state index in [9.17, 15) is 13.2 Å². The molecule has 2 aromatic carbocycles. The molecule has 1 amide bonds. The van der Waals surface area contributed by atoms with E-state index in [2.05, 4.69) is 15.0 Å². The first kappa shape index (κ1) is 17.8. The predicted octanol–water partition coefficient (Wildman–Crippen LogP) is 2.40. The Hall–Kier alpha value is -2.97. The first-order valence-electron chi connectivity index (χ1n) is 7.73. The van der Waals surface area contributed by atoms with E-state index in [1.807, 2.05) is 30.3 Å². The number of ether oxygens (including phenoxy) is 1. The topological polar surface area (TPSA) is 97.4 Å². The molecular weight excluding hydrogens is 354 g/mol. The van der Waals surface area contributed by atoms with Gasteiger partial charge in [0, 0.05) is 10.9 Å². The highest BCUT2D eigenvalue weighted by molar-refractivity contribution is 7.89. The molecule has 7 nitrogen and oxygen atoms in total. The van der Waals surface area contributed by atoms with Gasteiger partial charge < -0.3 is 10.1 Å². The van der Waals surface area contributed by atoms with Gasteiger partial charge in [0.1, 0.15) is 16.5 Å². The Morgan fingerprint density at radius 3 is 2.58 bits per heavy atom.